The van der Waals surface area contributed by atoms with Gasteiger partial charge in [0.2, 0.25) is 0 Å². The maximum absolute atomic E-state index is 11.9. The van der Waals surface area contributed by atoms with E-state index in [0.717, 1.165) is 11.3 Å². The zero-order chi connectivity index (χ0) is 15.9. The SMILES string of the molecule is Cc1ccccc1OC[C@@H](C)NC(=O)Nc1ccc(Cl)cc1. The van der Waals surface area contributed by atoms with Crippen LogP contribution in [0.3, 0.4) is 0 Å². The van der Waals surface area contributed by atoms with Crippen LogP contribution in [0.4, 0.5) is 10.5 Å². The number of carbonyl (C=O) groups excluding carboxylic acids is 1. The number of carbonyl (C=O) groups is 1. The molecular weight excluding hydrogens is 300 g/mol. The van der Waals surface area contributed by atoms with E-state index in [9.17, 15) is 4.79 Å². The Kier molecular flexibility index (Phi) is 5.67. The van der Waals surface area contributed by atoms with Crippen LogP contribution < -0.4 is 15.4 Å². The van der Waals surface area contributed by atoms with Gasteiger partial charge < -0.3 is 15.4 Å². The van der Waals surface area contributed by atoms with E-state index in [1.165, 1.54) is 0 Å². The first-order valence-electron chi connectivity index (χ1n) is 7.06. The van der Waals surface area contributed by atoms with Crippen molar-refractivity contribution in [1.82, 2.24) is 5.32 Å². The smallest absolute Gasteiger partial charge is 0.319 e. The van der Waals surface area contributed by atoms with Crippen LogP contribution >= 0.6 is 11.6 Å². The molecule has 0 aliphatic carbocycles. The lowest BCUT2D eigenvalue weighted by atomic mass is 10.2. The first-order valence-corrected chi connectivity index (χ1v) is 7.44. The Hall–Kier alpha value is -2.20. The van der Waals surface area contributed by atoms with Crippen molar-refractivity contribution < 1.29 is 9.53 Å². The quantitative estimate of drug-likeness (QED) is 0.866. The molecule has 0 fully saturated rings. The molecular formula is C17H19ClN2O2. The van der Waals surface area contributed by atoms with Gasteiger partial charge in [-0.1, -0.05) is 29.8 Å². The molecule has 0 spiro atoms. The zero-order valence-corrected chi connectivity index (χ0v) is 13.4. The van der Waals surface area contributed by atoms with Crippen molar-refractivity contribution in [3.63, 3.8) is 0 Å². The lowest BCUT2D eigenvalue weighted by Gasteiger charge is -2.16. The normalized spacial score (nSPS) is 11.6. The fraction of sp³-hybridized carbons (Fsp3) is 0.235. The van der Waals surface area contributed by atoms with E-state index in [4.69, 9.17) is 16.3 Å². The van der Waals surface area contributed by atoms with Gasteiger partial charge >= 0.3 is 6.03 Å². The maximum Gasteiger partial charge on any atom is 0.319 e. The van der Waals surface area contributed by atoms with E-state index < -0.39 is 0 Å². The number of amides is 2. The topological polar surface area (TPSA) is 50.4 Å². The summed E-state index contributed by atoms with van der Waals surface area (Å²) in [4.78, 5) is 11.9. The molecule has 5 heteroatoms. The molecule has 2 amide bonds. The molecule has 0 bridgehead atoms. The second kappa shape index (κ2) is 7.71. The Balaban J connectivity index is 1.79. The molecule has 2 N–H and O–H groups in total. The summed E-state index contributed by atoms with van der Waals surface area (Å²) in [6.45, 7) is 4.28. The fourth-order valence-electron chi connectivity index (χ4n) is 1.90. The number of nitrogens with one attached hydrogen (secondary N) is 2. The van der Waals surface area contributed by atoms with Crippen LogP contribution in [-0.2, 0) is 0 Å². The third-order valence-corrected chi connectivity index (χ3v) is 3.31. The van der Waals surface area contributed by atoms with Crippen LogP contribution in [0.15, 0.2) is 48.5 Å². The van der Waals surface area contributed by atoms with Gasteiger partial charge in [0, 0.05) is 10.7 Å². The monoisotopic (exact) mass is 318 g/mol. The van der Waals surface area contributed by atoms with E-state index in [2.05, 4.69) is 10.6 Å². The van der Waals surface area contributed by atoms with Crippen LogP contribution in [0, 0.1) is 6.92 Å². The van der Waals surface area contributed by atoms with Crippen molar-refractivity contribution in [2.45, 2.75) is 19.9 Å². The van der Waals surface area contributed by atoms with Crippen molar-refractivity contribution in [3.05, 3.63) is 59.1 Å². The summed E-state index contributed by atoms with van der Waals surface area (Å²) in [5.74, 6) is 0.828. The second-order valence-electron chi connectivity index (χ2n) is 5.08. The molecule has 0 saturated heterocycles. The second-order valence-corrected chi connectivity index (χ2v) is 5.52. The van der Waals surface area contributed by atoms with E-state index in [1.54, 1.807) is 24.3 Å². The molecule has 0 heterocycles. The van der Waals surface area contributed by atoms with Crippen LogP contribution in [0.1, 0.15) is 12.5 Å². The number of para-hydroxylation sites is 1. The van der Waals surface area contributed by atoms with E-state index in [-0.39, 0.29) is 12.1 Å². The van der Waals surface area contributed by atoms with Crippen molar-refractivity contribution in [2.24, 2.45) is 0 Å². The predicted octanol–water partition coefficient (Wildman–Crippen LogP) is 4.24. The van der Waals surface area contributed by atoms with Gasteiger partial charge in [0.05, 0.1) is 6.04 Å². The minimum Gasteiger partial charge on any atom is -0.491 e. The molecule has 4 nitrogen and oxygen atoms in total. The molecule has 1 atom stereocenters. The highest BCUT2D eigenvalue weighted by Gasteiger charge is 2.09. The first-order chi connectivity index (χ1) is 10.5. The predicted molar refractivity (Wildman–Crippen MR) is 89.7 cm³/mol. The van der Waals surface area contributed by atoms with Crippen LogP contribution in [0.2, 0.25) is 5.02 Å². The summed E-state index contributed by atoms with van der Waals surface area (Å²) in [6, 6.07) is 14.3. The molecule has 116 valence electrons. The molecule has 0 aliphatic rings. The van der Waals surface area contributed by atoms with E-state index >= 15 is 0 Å². The molecule has 0 aromatic heterocycles. The fourth-order valence-corrected chi connectivity index (χ4v) is 2.02. The number of ether oxygens (including phenoxy) is 1. The average molecular weight is 319 g/mol. The lowest BCUT2D eigenvalue weighted by molar-refractivity contribution is 0.236. The number of benzene rings is 2. The molecule has 2 aromatic rings. The Morgan fingerprint density at radius 3 is 2.55 bits per heavy atom. The van der Waals surface area contributed by atoms with Crippen LogP contribution in [0.5, 0.6) is 5.75 Å². The van der Waals surface area contributed by atoms with Crippen molar-refractivity contribution in [3.8, 4) is 5.75 Å². The summed E-state index contributed by atoms with van der Waals surface area (Å²) in [7, 11) is 0. The number of rotatable bonds is 5. The molecule has 0 aliphatic heterocycles. The third kappa shape index (κ3) is 4.97. The number of hydrogen-bond donors (Lipinski definition) is 2. The average Bonchev–Trinajstić information content (AvgIpc) is 2.49. The maximum atomic E-state index is 11.9. The van der Waals surface area contributed by atoms with Gasteiger partial charge in [0.15, 0.2) is 0 Å². The van der Waals surface area contributed by atoms with Gasteiger partial charge in [0.1, 0.15) is 12.4 Å². The summed E-state index contributed by atoms with van der Waals surface area (Å²) in [6.07, 6.45) is 0. The Labute approximate surface area is 135 Å². The Bertz CT molecular complexity index is 629. The standard InChI is InChI=1S/C17H19ClN2O2/c1-12-5-3-4-6-16(12)22-11-13(2)19-17(21)20-15-9-7-14(18)8-10-15/h3-10,13H,11H2,1-2H3,(H2,19,20,21)/t13-/m1/s1. The number of aryl methyl sites for hydroxylation is 1. The number of anilines is 1. The Morgan fingerprint density at radius 1 is 1.18 bits per heavy atom. The minimum absolute atomic E-state index is 0.119. The van der Waals surface area contributed by atoms with Gasteiger partial charge in [0.25, 0.3) is 0 Å². The molecule has 0 saturated carbocycles. The highest BCUT2D eigenvalue weighted by Crippen LogP contribution is 2.16. The van der Waals surface area contributed by atoms with Crippen molar-refractivity contribution >= 4 is 23.3 Å². The van der Waals surface area contributed by atoms with Crippen molar-refractivity contribution in [2.75, 3.05) is 11.9 Å². The molecule has 0 unspecified atom stereocenters. The zero-order valence-electron chi connectivity index (χ0n) is 12.6. The van der Waals surface area contributed by atoms with Crippen LogP contribution in [0.25, 0.3) is 0 Å². The number of halogens is 1. The number of hydrogen-bond acceptors (Lipinski definition) is 2. The third-order valence-electron chi connectivity index (χ3n) is 3.06. The molecule has 2 aromatic carbocycles. The summed E-state index contributed by atoms with van der Waals surface area (Å²) in [5, 5.41) is 6.20. The van der Waals surface area contributed by atoms with Gasteiger partial charge in [-0.3, -0.25) is 0 Å². The largest absolute Gasteiger partial charge is 0.491 e. The summed E-state index contributed by atoms with van der Waals surface area (Å²) >= 11 is 5.80. The lowest BCUT2D eigenvalue weighted by Crippen LogP contribution is -2.39. The molecule has 2 rings (SSSR count). The summed E-state index contributed by atoms with van der Waals surface area (Å²) in [5.41, 5.74) is 1.76. The first kappa shape index (κ1) is 16.2. The van der Waals surface area contributed by atoms with Gasteiger partial charge in [-0.15, -0.1) is 0 Å². The van der Waals surface area contributed by atoms with Gasteiger partial charge in [-0.25, -0.2) is 4.79 Å². The van der Waals surface area contributed by atoms with Crippen LogP contribution in [-0.4, -0.2) is 18.7 Å². The van der Waals surface area contributed by atoms with Gasteiger partial charge in [-0.2, -0.15) is 0 Å². The van der Waals surface area contributed by atoms with E-state index in [0.29, 0.717) is 17.3 Å². The molecule has 22 heavy (non-hydrogen) atoms. The highest BCUT2D eigenvalue weighted by molar-refractivity contribution is 6.30. The van der Waals surface area contributed by atoms with Crippen molar-refractivity contribution in [1.29, 1.82) is 0 Å². The highest BCUT2D eigenvalue weighted by atomic mass is 35.5. The van der Waals surface area contributed by atoms with Gasteiger partial charge in [-0.05, 0) is 49.7 Å². The minimum atomic E-state index is -0.275. The number of urea groups is 1. The van der Waals surface area contributed by atoms with E-state index in [1.807, 2.05) is 38.1 Å². The molecule has 0 radical (unpaired) electrons. The Morgan fingerprint density at radius 2 is 1.86 bits per heavy atom. The summed E-state index contributed by atoms with van der Waals surface area (Å²) < 4.78 is 5.71.